The Balaban J connectivity index is 1.94. The van der Waals surface area contributed by atoms with E-state index in [2.05, 4.69) is 5.10 Å². The molecule has 140 valence electrons. The summed E-state index contributed by atoms with van der Waals surface area (Å²) in [6.45, 7) is 0. The van der Waals surface area contributed by atoms with Crippen molar-refractivity contribution in [2.45, 2.75) is 10.9 Å². The van der Waals surface area contributed by atoms with Crippen molar-refractivity contribution in [3.05, 3.63) is 66.5 Å². The van der Waals surface area contributed by atoms with Gasteiger partial charge in [0.1, 0.15) is 5.75 Å². The normalized spacial score (nSPS) is 12.5. The van der Waals surface area contributed by atoms with E-state index in [4.69, 9.17) is 9.88 Å². The highest BCUT2D eigenvalue weighted by Gasteiger charge is 2.23. The molecular formula is C18H17N3O5S. The van der Waals surface area contributed by atoms with Crippen LogP contribution in [0, 0.1) is 0 Å². The molecule has 0 aliphatic rings. The van der Waals surface area contributed by atoms with E-state index in [1.807, 2.05) is 12.1 Å². The maximum absolute atomic E-state index is 11.8. The van der Waals surface area contributed by atoms with Crippen LogP contribution in [-0.2, 0) is 14.8 Å². The third-order valence-corrected chi connectivity index (χ3v) is 4.98. The minimum absolute atomic E-state index is 0.0882. The summed E-state index contributed by atoms with van der Waals surface area (Å²) in [4.78, 5) is 11.7. The van der Waals surface area contributed by atoms with E-state index in [0.717, 1.165) is 11.1 Å². The predicted molar refractivity (Wildman–Crippen MR) is 97.8 cm³/mol. The number of primary sulfonamides is 1. The van der Waals surface area contributed by atoms with Crippen LogP contribution in [0.5, 0.6) is 5.75 Å². The molecule has 0 amide bonds. The second-order valence-corrected chi connectivity index (χ2v) is 7.35. The first-order chi connectivity index (χ1) is 12.8. The lowest BCUT2D eigenvalue weighted by Crippen LogP contribution is -2.21. The number of sulfonamides is 1. The minimum atomic E-state index is -3.85. The number of methoxy groups -OCH3 is 1. The minimum Gasteiger partial charge on any atom is -0.497 e. The van der Waals surface area contributed by atoms with E-state index in [1.54, 1.807) is 31.6 Å². The SMILES string of the molecule is COc1ccc(-c2cnn(C(C(=O)O)c3ccc(S(N)(=O)=O)cc3)c2)cc1. The highest BCUT2D eigenvalue weighted by atomic mass is 32.2. The van der Waals surface area contributed by atoms with Crippen molar-refractivity contribution < 1.29 is 23.1 Å². The molecule has 1 heterocycles. The number of aliphatic carboxylic acids is 1. The van der Waals surface area contributed by atoms with Crippen LogP contribution in [0.15, 0.2) is 65.8 Å². The molecule has 1 unspecified atom stereocenters. The monoisotopic (exact) mass is 387 g/mol. The van der Waals surface area contributed by atoms with E-state index >= 15 is 0 Å². The Labute approximate surface area is 155 Å². The van der Waals surface area contributed by atoms with E-state index in [1.165, 1.54) is 28.9 Å². The fraction of sp³-hybridized carbons (Fsp3) is 0.111. The smallest absolute Gasteiger partial charge is 0.333 e. The van der Waals surface area contributed by atoms with Gasteiger partial charge in [0.25, 0.3) is 0 Å². The van der Waals surface area contributed by atoms with Gasteiger partial charge in [0.2, 0.25) is 10.0 Å². The molecule has 27 heavy (non-hydrogen) atoms. The number of carbonyl (C=O) groups is 1. The Morgan fingerprint density at radius 3 is 2.26 bits per heavy atom. The molecule has 0 saturated carbocycles. The molecule has 0 aliphatic heterocycles. The Hall–Kier alpha value is -3.17. The average Bonchev–Trinajstić information content (AvgIpc) is 3.11. The molecule has 3 aromatic rings. The van der Waals surface area contributed by atoms with Gasteiger partial charge in [0.15, 0.2) is 6.04 Å². The highest BCUT2D eigenvalue weighted by Crippen LogP contribution is 2.25. The number of hydrogen-bond acceptors (Lipinski definition) is 5. The van der Waals surface area contributed by atoms with Crippen LogP contribution in [0.25, 0.3) is 11.1 Å². The van der Waals surface area contributed by atoms with Gasteiger partial charge in [0, 0.05) is 11.8 Å². The molecule has 1 aromatic heterocycles. The summed E-state index contributed by atoms with van der Waals surface area (Å²) in [5.41, 5.74) is 1.97. The van der Waals surface area contributed by atoms with Crippen LogP contribution in [-0.4, -0.2) is 36.4 Å². The van der Waals surface area contributed by atoms with Crippen molar-refractivity contribution >= 4 is 16.0 Å². The van der Waals surface area contributed by atoms with E-state index in [-0.39, 0.29) is 4.90 Å². The van der Waals surface area contributed by atoms with Gasteiger partial charge in [0.05, 0.1) is 18.2 Å². The van der Waals surface area contributed by atoms with Crippen molar-refractivity contribution in [1.29, 1.82) is 0 Å². The molecule has 8 nitrogen and oxygen atoms in total. The molecule has 0 spiro atoms. The van der Waals surface area contributed by atoms with E-state index < -0.39 is 22.0 Å². The summed E-state index contributed by atoms with van der Waals surface area (Å²) in [6.07, 6.45) is 3.19. The van der Waals surface area contributed by atoms with Gasteiger partial charge in [-0.25, -0.2) is 18.4 Å². The molecule has 3 N–H and O–H groups in total. The van der Waals surface area contributed by atoms with Crippen LogP contribution in [0.3, 0.4) is 0 Å². The Morgan fingerprint density at radius 2 is 1.74 bits per heavy atom. The zero-order valence-corrected chi connectivity index (χ0v) is 15.1. The number of benzene rings is 2. The molecule has 0 fully saturated rings. The summed E-state index contributed by atoms with van der Waals surface area (Å²) in [6, 6.07) is 11.5. The summed E-state index contributed by atoms with van der Waals surface area (Å²) >= 11 is 0. The number of aromatic nitrogens is 2. The second kappa shape index (κ2) is 7.22. The third kappa shape index (κ3) is 3.99. The topological polar surface area (TPSA) is 125 Å². The maximum atomic E-state index is 11.8. The first kappa shape index (κ1) is 18.6. The fourth-order valence-corrected chi connectivity index (χ4v) is 3.18. The van der Waals surface area contributed by atoms with Gasteiger partial charge in [-0.15, -0.1) is 0 Å². The molecule has 0 aliphatic carbocycles. The lowest BCUT2D eigenvalue weighted by molar-refractivity contribution is -0.139. The molecule has 3 rings (SSSR count). The number of carboxylic acid groups (broad SMARTS) is 1. The fourth-order valence-electron chi connectivity index (χ4n) is 2.66. The summed E-state index contributed by atoms with van der Waals surface area (Å²) < 4.78 is 29.2. The van der Waals surface area contributed by atoms with Crippen LogP contribution >= 0.6 is 0 Å². The first-order valence-electron chi connectivity index (χ1n) is 7.84. The maximum Gasteiger partial charge on any atom is 0.333 e. The van der Waals surface area contributed by atoms with Crippen molar-refractivity contribution in [2.24, 2.45) is 5.14 Å². The van der Waals surface area contributed by atoms with Crippen LogP contribution in [0.1, 0.15) is 11.6 Å². The first-order valence-corrected chi connectivity index (χ1v) is 9.38. The molecule has 1 atom stereocenters. The van der Waals surface area contributed by atoms with E-state index in [0.29, 0.717) is 11.3 Å². The van der Waals surface area contributed by atoms with Gasteiger partial charge in [-0.05, 0) is 35.4 Å². The Bertz CT molecular complexity index is 1060. The van der Waals surface area contributed by atoms with Crippen molar-refractivity contribution in [3.63, 3.8) is 0 Å². The zero-order chi connectivity index (χ0) is 19.6. The molecule has 9 heteroatoms. The van der Waals surface area contributed by atoms with E-state index in [9.17, 15) is 18.3 Å². The van der Waals surface area contributed by atoms with Crippen LogP contribution < -0.4 is 9.88 Å². The molecule has 0 radical (unpaired) electrons. The zero-order valence-electron chi connectivity index (χ0n) is 14.3. The lowest BCUT2D eigenvalue weighted by atomic mass is 10.1. The average molecular weight is 387 g/mol. The number of rotatable bonds is 6. The number of nitrogens with two attached hydrogens (primary N) is 1. The van der Waals surface area contributed by atoms with Crippen LogP contribution in [0.2, 0.25) is 0 Å². The van der Waals surface area contributed by atoms with Gasteiger partial charge < -0.3 is 9.84 Å². The van der Waals surface area contributed by atoms with Crippen LogP contribution in [0.4, 0.5) is 0 Å². The van der Waals surface area contributed by atoms with Gasteiger partial charge in [-0.1, -0.05) is 24.3 Å². The standard InChI is InChI=1S/C18H17N3O5S/c1-26-15-6-2-12(3-7-15)14-10-20-21(11-14)17(18(22)23)13-4-8-16(9-5-13)27(19,24)25/h2-11,17H,1H3,(H,22,23)(H2,19,24,25). The second-order valence-electron chi connectivity index (χ2n) is 5.79. The third-order valence-electron chi connectivity index (χ3n) is 4.05. The number of ether oxygens (including phenoxy) is 1. The van der Waals surface area contributed by atoms with Crippen molar-refractivity contribution in [3.8, 4) is 16.9 Å². The summed E-state index contributed by atoms with van der Waals surface area (Å²) in [5, 5.41) is 18.9. The molecule has 0 saturated heterocycles. The molecular weight excluding hydrogens is 370 g/mol. The molecule has 2 aromatic carbocycles. The Kier molecular flexibility index (Phi) is 4.98. The summed E-state index contributed by atoms with van der Waals surface area (Å²) in [5.74, 6) is -0.410. The predicted octanol–water partition coefficient (Wildman–Crippen LogP) is 1.88. The van der Waals surface area contributed by atoms with Crippen molar-refractivity contribution in [1.82, 2.24) is 9.78 Å². The number of nitrogens with zero attached hydrogens (tertiary/aromatic N) is 2. The van der Waals surface area contributed by atoms with Gasteiger partial charge >= 0.3 is 5.97 Å². The largest absolute Gasteiger partial charge is 0.497 e. The number of carboxylic acids is 1. The molecule has 0 bridgehead atoms. The quantitative estimate of drug-likeness (QED) is 0.665. The van der Waals surface area contributed by atoms with Gasteiger partial charge in [-0.3, -0.25) is 4.68 Å². The lowest BCUT2D eigenvalue weighted by Gasteiger charge is -2.13. The van der Waals surface area contributed by atoms with Gasteiger partial charge in [-0.2, -0.15) is 5.10 Å². The Morgan fingerprint density at radius 1 is 1.11 bits per heavy atom. The van der Waals surface area contributed by atoms with Crippen molar-refractivity contribution in [2.75, 3.05) is 7.11 Å². The number of hydrogen-bond donors (Lipinski definition) is 2. The highest BCUT2D eigenvalue weighted by molar-refractivity contribution is 7.89. The summed E-state index contributed by atoms with van der Waals surface area (Å²) in [7, 11) is -2.27.